The Hall–Kier alpha value is -1.09. The molecule has 2 nitrogen and oxygen atoms in total. The summed E-state index contributed by atoms with van der Waals surface area (Å²) in [7, 11) is 3.20. The van der Waals surface area contributed by atoms with E-state index in [0.29, 0.717) is 21.5 Å². The molecule has 0 heterocycles. The quantitative estimate of drug-likeness (QED) is 0.667. The number of ether oxygens (including phenoxy) is 2. The minimum absolute atomic E-state index is 0.348. The zero-order valence-electron chi connectivity index (χ0n) is 11.9. The van der Waals surface area contributed by atoms with Crippen molar-refractivity contribution in [3.8, 4) is 11.5 Å². The summed E-state index contributed by atoms with van der Waals surface area (Å²) < 4.78 is 10.6. The fraction of sp³-hybridized carbons (Fsp3) is 0.250. The molecular formula is C16H15Cl3O2. The van der Waals surface area contributed by atoms with Crippen LogP contribution in [0.15, 0.2) is 30.3 Å². The fourth-order valence-corrected chi connectivity index (χ4v) is 2.80. The normalized spacial score (nSPS) is 12.1. The highest BCUT2D eigenvalue weighted by Gasteiger charge is 2.18. The summed E-state index contributed by atoms with van der Waals surface area (Å²) in [5.41, 5.74) is 2.83. The van der Waals surface area contributed by atoms with Gasteiger partial charge in [0.05, 0.1) is 29.6 Å². The van der Waals surface area contributed by atoms with Crippen LogP contribution in [0.4, 0.5) is 0 Å². The molecule has 2 rings (SSSR count). The van der Waals surface area contributed by atoms with Crippen molar-refractivity contribution in [2.24, 2.45) is 0 Å². The average molecular weight is 346 g/mol. The van der Waals surface area contributed by atoms with E-state index in [-0.39, 0.29) is 5.38 Å². The SMILES string of the molecule is COc1cc(C)c(C(Cl)c2ccc(Cl)c(Cl)c2)cc1OC. The highest BCUT2D eigenvalue weighted by Crippen LogP contribution is 2.39. The van der Waals surface area contributed by atoms with Gasteiger partial charge in [-0.3, -0.25) is 0 Å². The van der Waals surface area contributed by atoms with Gasteiger partial charge in [-0.2, -0.15) is 0 Å². The van der Waals surface area contributed by atoms with Crippen molar-refractivity contribution in [3.63, 3.8) is 0 Å². The second-order valence-corrected chi connectivity index (χ2v) is 5.85. The lowest BCUT2D eigenvalue weighted by atomic mass is 9.99. The second kappa shape index (κ2) is 6.78. The lowest BCUT2D eigenvalue weighted by Gasteiger charge is -2.17. The van der Waals surface area contributed by atoms with Gasteiger partial charge in [-0.15, -0.1) is 11.6 Å². The fourth-order valence-electron chi connectivity index (χ4n) is 2.12. The Balaban J connectivity index is 2.47. The van der Waals surface area contributed by atoms with Crippen molar-refractivity contribution >= 4 is 34.8 Å². The predicted octanol–water partition coefficient (Wildman–Crippen LogP) is 5.65. The summed E-state index contributed by atoms with van der Waals surface area (Å²) in [5, 5.41) is 0.644. The molecule has 112 valence electrons. The summed E-state index contributed by atoms with van der Waals surface area (Å²) in [6, 6.07) is 9.17. The minimum Gasteiger partial charge on any atom is -0.493 e. The van der Waals surface area contributed by atoms with Gasteiger partial charge in [-0.05, 0) is 47.9 Å². The first-order valence-electron chi connectivity index (χ1n) is 6.29. The molecular weight excluding hydrogens is 331 g/mol. The molecule has 2 aromatic rings. The third-order valence-electron chi connectivity index (χ3n) is 3.28. The van der Waals surface area contributed by atoms with Crippen LogP contribution in [0.2, 0.25) is 10.0 Å². The molecule has 0 bridgehead atoms. The van der Waals surface area contributed by atoms with E-state index in [1.54, 1.807) is 26.4 Å². The number of methoxy groups -OCH3 is 2. The number of alkyl halides is 1. The number of aryl methyl sites for hydroxylation is 1. The van der Waals surface area contributed by atoms with Crippen LogP contribution in [-0.2, 0) is 0 Å². The Bertz CT molecular complexity index is 656. The Labute approximate surface area is 139 Å². The molecule has 0 amide bonds. The first-order valence-corrected chi connectivity index (χ1v) is 7.48. The first-order chi connectivity index (χ1) is 9.97. The summed E-state index contributed by atoms with van der Waals surface area (Å²) in [6.07, 6.45) is 0. The molecule has 1 atom stereocenters. The van der Waals surface area contributed by atoms with Crippen LogP contribution < -0.4 is 9.47 Å². The van der Waals surface area contributed by atoms with Crippen molar-refractivity contribution in [3.05, 3.63) is 57.1 Å². The molecule has 5 heteroatoms. The highest BCUT2D eigenvalue weighted by atomic mass is 35.5. The number of halogens is 3. The van der Waals surface area contributed by atoms with Crippen LogP contribution in [0.5, 0.6) is 11.5 Å². The number of benzene rings is 2. The van der Waals surface area contributed by atoms with Crippen molar-refractivity contribution in [2.75, 3.05) is 14.2 Å². The van der Waals surface area contributed by atoms with Gasteiger partial charge < -0.3 is 9.47 Å². The van der Waals surface area contributed by atoms with Gasteiger partial charge >= 0.3 is 0 Å². The number of hydrogen-bond donors (Lipinski definition) is 0. The van der Waals surface area contributed by atoms with Crippen LogP contribution >= 0.6 is 34.8 Å². The van der Waals surface area contributed by atoms with Crippen LogP contribution in [0, 0.1) is 6.92 Å². The van der Waals surface area contributed by atoms with E-state index in [4.69, 9.17) is 44.3 Å². The molecule has 0 aliphatic rings. The van der Waals surface area contributed by atoms with Gasteiger partial charge in [0, 0.05) is 0 Å². The highest BCUT2D eigenvalue weighted by molar-refractivity contribution is 6.42. The van der Waals surface area contributed by atoms with Gasteiger partial charge in [-0.25, -0.2) is 0 Å². The standard InChI is InChI=1S/C16H15Cl3O2/c1-9-6-14(20-2)15(21-3)8-11(9)16(19)10-4-5-12(17)13(18)7-10/h4-8,16H,1-3H3. The van der Waals surface area contributed by atoms with E-state index >= 15 is 0 Å². The molecule has 0 aromatic heterocycles. The van der Waals surface area contributed by atoms with Crippen LogP contribution in [0.3, 0.4) is 0 Å². The molecule has 0 aliphatic heterocycles. The third-order valence-corrected chi connectivity index (χ3v) is 4.51. The summed E-state index contributed by atoms with van der Waals surface area (Å²) >= 11 is 18.6. The number of hydrogen-bond acceptors (Lipinski definition) is 2. The Morgan fingerprint density at radius 1 is 0.905 bits per heavy atom. The minimum atomic E-state index is -0.348. The van der Waals surface area contributed by atoms with Crippen molar-refractivity contribution in [1.29, 1.82) is 0 Å². The maximum absolute atomic E-state index is 6.59. The predicted molar refractivity (Wildman–Crippen MR) is 88.4 cm³/mol. The average Bonchev–Trinajstić information content (AvgIpc) is 2.49. The van der Waals surface area contributed by atoms with E-state index in [9.17, 15) is 0 Å². The van der Waals surface area contributed by atoms with E-state index in [2.05, 4.69) is 0 Å². The summed E-state index contributed by atoms with van der Waals surface area (Å²) in [5.74, 6) is 1.32. The zero-order chi connectivity index (χ0) is 15.6. The van der Waals surface area contributed by atoms with Gasteiger partial charge in [0.2, 0.25) is 0 Å². The second-order valence-electron chi connectivity index (χ2n) is 4.60. The topological polar surface area (TPSA) is 18.5 Å². The molecule has 0 aliphatic carbocycles. The Morgan fingerprint density at radius 2 is 1.52 bits per heavy atom. The van der Waals surface area contributed by atoms with Gasteiger partial charge in [0.25, 0.3) is 0 Å². The summed E-state index contributed by atoms with van der Waals surface area (Å²) in [4.78, 5) is 0. The molecule has 0 saturated heterocycles. The third kappa shape index (κ3) is 3.39. The van der Waals surface area contributed by atoms with Crippen LogP contribution in [0.1, 0.15) is 22.1 Å². The van der Waals surface area contributed by atoms with Crippen LogP contribution in [0.25, 0.3) is 0 Å². The molecule has 0 N–H and O–H groups in total. The molecule has 2 aromatic carbocycles. The largest absolute Gasteiger partial charge is 0.493 e. The monoisotopic (exact) mass is 344 g/mol. The van der Waals surface area contributed by atoms with Crippen molar-refractivity contribution in [1.82, 2.24) is 0 Å². The molecule has 1 unspecified atom stereocenters. The lowest BCUT2D eigenvalue weighted by Crippen LogP contribution is -2.00. The number of rotatable bonds is 4. The van der Waals surface area contributed by atoms with Crippen molar-refractivity contribution in [2.45, 2.75) is 12.3 Å². The maximum atomic E-state index is 6.59. The Kier molecular flexibility index (Phi) is 5.26. The molecule has 0 spiro atoms. The first kappa shape index (κ1) is 16.3. The van der Waals surface area contributed by atoms with Crippen molar-refractivity contribution < 1.29 is 9.47 Å². The smallest absolute Gasteiger partial charge is 0.161 e. The van der Waals surface area contributed by atoms with E-state index in [0.717, 1.165) is 16.7 Å². The maximum Gasteiger partial charge on any atom is 0.161 e. The molecule has 21 heavy (non-hydrogen) atoms. The lowest BCUT2D eigenvalue weighted by molar-refractivity contribution is 0.354. The van der Waals surface area contributed by atoms with Crippen LogP contribution in [-0.4, -0.2) is 14.2 Å². The van der Waals surface area contributed by atoms with E-state index in [1.165, 1.54) is 0 Å². The molecule has 0 fully saturated rings. The van der Waals surface area contributed by atoms with E-state index in [1.807, 2.05) is 25.1 Å². The molecule has 0 saturated carbocycles. The zero-order valence-corrected chi connectivity index (χ0v) is 14.2. The summed E-state index contributed by atoms with van der Waals surface area (Å²) in [6.45, 7) is 1.98. The van der Waals surface area contributed by atoms with Gasteiger partial charge in [0.1, 0.15) is 0 Å². The van der Waals surface area contributed by atoms with Gasteiger partial charge in [0.15, 0.2) is 11.5 Å². The van der Waals surface area contributed by atoms with E-state index < -0.39 is 0 Å². The Morgan fingerprint density at radius 3 is 2.10 bits per heavy atom. The molecule has 0 radical (unpaired) electrons. The van der Waals surface area contributed by atoms with Gasteiger partial charge in [-0.1, -0.05) is 29.3 Å².